The molecule has 2 aromatic carbocycles. The van der Waals surface area contributed by atoms with Crippen molar-refractivity contribution in [1.82, 2.24) is 5.32 Å². The molecule has 0 radical (unpaired) electrons. The summed E-state index contributed by atoms with van der Waals surface area (Å²) < 4.78 is 11.0. The third kappa shape index (κ3) is 4.39. The highest BCUT2D eigenvalue weighted by Gasteiger charge is 2.33. The molecule has 0 spiro atoms. The summed E-state index contributed by atoms with van der Waals surface area (Å²) >= 11 is 0. The number of benzene rings is 2. The predicted molar refractivity (Wildman–Crippen MR) is 103 cm³/mol. The topological polar surface area (TPSA) is 67.9 Å². The summed E-state index contributed by atoms with van der Waals surface area (Å²) in [6.07, 6.45) is 0.364. The number of para-hydroxylation sites is 2. The highest BCUT2D eigenvalue weighted by molar-refractivity contribution is 5.98. The summed E-state index contributed by atoms with van der Waals surface area (Å²) in [6.45, 7) is 2.77. The number of nitrogens with zero attached hydrogens (tertiary/aromatic N) is 1. The van der Waals surface area contributed by atoms with E-state index in [0.717, 1.165) is 17.7 Å². The number of hydrogen-bond acceptors (Lipinski definition) is 4. The molecule has 2 amide bonds. The summed E-state index contributed by atoms with van der Waals surface area (Å²) in [6, 6.07) is 14.7. The Balaban J connectivity index is 1.78. The molecule has 0 aromatic heterocycles. The Morgan fingerprint density at radius 3 is 2.63 bits per heavy atom. The van der Waals surface area contributed by atoms with E-state index in [1.807, 2.05) is 49.4 Å². The largest absolute Gasteiger partial charge is 0.497 e. The van der Waals surface area contributed by atoms with Gasteiger partial charge in [0.15, 0.2) is 6.10 Å². The Bertz CT molecular complexity index is 804. The van der Waals surface area contributed by atoms with E-state index in [1.54, 1.807) is 18.1 Å². The molecule has 3 rings (SSSR count). The van der Waals surface area contributed by atoms with Crippen molar-refractivity contribution in [3.05, 3.63) is 54.1 Å². The van der Waals surface area contributed by atoms with Crippen molar-refractivity contribution in [1.29, 1.82) is 0 Å². The van der Waals surface area contributed by atoms with Gasteiger partial charge in [0.25, 0.3) is 5.91 Å². The molecule has 0 bridgehead atoms. The van der Waals surface area contributed by atoms with Crippen molar-refractivity contribution < 1.29 is 19.1 Å². The van der Waals surface area contributed by atoms with Gasteiger partial charge in [0.2, 0.25) is 5.91 Å². The van der Waals surface area contributed by atoms with Crippen molar-refractivity contribution in [2.45, 2.75) is 25.9 Å². The van der Waals surface area contributed by atoms with E-state index < -0.39 is 6.10 Å². The van der Waals surface area contributed by atoms with Crippen LogP contribution in [0.15, 0.2) is 48.5 Å². The van der Waals surface area contributed by atoms with E-state index in [9.17, 15) is 9.59 Å². The summed E-state index contributed by atoms with van der Waals surface area (Å²) in [7, 11) is 1.61. The SMILES string of the molecule is CCCNC(=O)[C@H]1CN(C(=O)Cc2ccc(OC)cc2)c2ccccc2O1. The van der Waals surface area contributed by atoms with E-state index in [-0.39, 0.29) is 24.8 Å². The van der Waals surface area contributed by atoms with Crippen LogP contribution in [0.2, 0.25) is 0 Å². The lowest BCUT2D eigenvalue weighted by molar-refractivity contribution is -0.128. The van der Waals surface area contributed by atoms with Gasteiger partial charge in [-0.05, 0) is 36.2 Å². The van der Waals surface area contributed by atoms with Crippen LogP contribution in [0.3, 0.4) is 0 Å². The molecule has 1 aliphatic heterocycles. The summed E-state index contributed by atoms with van der Waals surface area (Å²) in [5.41, 5.74) is 1.58. The van der Waals surface area contributed by atoms with E-state index >= 15 is 0 Å². The molecule has 142 valence electrons. The van der Waals surface area contributed by atoms with Crippen LogP contribution in [0.1, 0.15) is 18.9 Å². The lowest BCUT2D eigenvalue weighted by atomic mass is 10.1. The van der Waals surface area contributed by atoms with Gasteiger partial charge in [0, 0.05) is 6.54 Å². The predicted octanol–water partition coefficient (Wildman–Crippen LogP) is 2.56. The normalized spacial score (nSPS) is 15.5. The van der Waals surface area contributed by atoms with Gasteiger partial charge in [0.05, 0.1) is 25.8 Å². The maximum Gasteiger partial charge on any atom is 0.262 e. The zero-order valence-electron chi connectivity index (χ0n) is 15.6. The Labute approximate surface area is 159 Å². The molecular formula is C21H24N2O4. The maximum absolute atomic E-state index is 13.0. The Morgan fingerprint density at radius 2 is 1.93 bits per heavy atom. The molecule has 6 nitrogen and oxygen atoms in total. The maximum atomic E-state index is 13.0. The molecule has 1 atom stereocenters. The average Bonchev–Trinajstić information content (AvgIpc) is 2.71. The first-order valence-electron chi connectivity index (χ1n) is 9.09. The van der Waals surface area contributed by atoms with Gasteiger partial charge >= 0.3 is 0 Å². The third-order valence-corrected chi connectivity index (χ3v) is 4.43. The second kappa shape index (κ2) is 8.58. The van der Waals surface area contributed by atoms with Crippen LogP contribution in [0.4, 0.5) is 5.69 Å². The first kappa shape index (κ1) is 18.8. The minimum Gasteiger partial charge on any atom is -0.497 e. The standard InChI is InChI=1S/C21H24N2O4/c1-3-12-22-21(25)19-14-23(17-6-4-5-7-18(17)27-19)20(24)13-15-8-10-16(26-2)11-9-15/h4-11,19H,3,12-14H2,1-2H3,(H,22,25)/t19-/m1/s1. The molecule has 0 saturated heterocycles. The number of ether oxygens (including phenoxy) is 2. The Hall–Kier alpha value is -3.02. The number of nitrogens with one attached hydrogen (secondary N) is 1. The van der Waals surface area contributed by atoms with Gasteiger partial charge in [-0.15, -0.1) is 0 Å². The molecule has 2 aromatic rings. The van der Waals surface area contributed by atoms with Crippen molar-refractivity contribution in [3.8, 4) is 11.5 Å². The highest BCUT2D eigenvalue weighted by Crippen LogP contribution is 2.33. The molecular weight excluding hydrogens is 344 g/mol. The molecule has 0 unspecified atom stereocenters. The number of hydrogen-bond donors (Lipinski definition) is 1. The van der Waals surface area contributed by atoms with Crippen LogP contribution in [-0.2, 0) is 16.0 Å². The van der Waals surface area contributed by atoms with Crippen LogP contribution >= 0.6 is 0 Å². The van der Waals surface area contributed by atoms with Gasteiger partial charge in [-0.2, -0.15) is 0 Å². The second-order valence-electron chi connectivity index (χ2n) is 6.39. The zero-order chi connectivity index (χ0) is 19.2. The third-order valence-electron chi connectivity index (χ3n) is 4.43. The monoisotopic (exact) mass is 368 g/mol. The fourth-order valence-electron chi connectivity index (χ4n) is 2.98. The van der Waals surface area contributed by atoms with Crippen molar-refractivity contribution in [2.24, 2.45) is 0 Å². The smallest absolute Gasteiger partial charge is 0.262 e. The highest BCUT2D eigenvalue weighted by atomic mass is 16.5. The van der Waals surface area contributed by atoms with Gasteiger partial charge in [-0.1, -0.05) is 31.2 Å². The average molecular weight is 368 g/mol. The number of carbonyl (C=O) groups is 2. The van der Waals surface area contributed by atoms with E-state index in [1.165, 1.54) is 0 Å². The van der Waals surface area contributed by atoms with Crippen LogP contribution < -0.4 is 19.7 Å². The van der Waals surface area contributed by atoms with E-state index in [0.29, 0.717) is 18.0 Å². The summed E-state index contributed by atoms with van der Waals surface area (Å²) in [5.74, 6) is 1.01. The van der Waals surface area contributed by atoms with E-state index in [2.05, 4.69) is 5.32 Å². The van der Waals surface area contributed by atoms with Crippen LogP contribution in [0, 0.1) is 0 Å². The lowest BCUT2D eigenvalue weighted by Gasteiger charge is -2.34. The molecule has 1 aliphatic rings. The van der Waals surface area contributed by atoms with Gasteiger partial charge < -0.3 is 19.7 Å². The Kier molecular flexibility index (Phi) is 5.96. The molecule has 0 fully saturated rings. The molecule has 1 heterocycles. The van der Waals surface area contributed by atoms with Crippen molar-refractivity contribution in [3.63, 3.8) is 0 Å². The van der Waals surface area contributed by atoms with Gasteiger partial charge in [0.1, 0.15) is 11.5 Å². The fourth-order valence-corrected chi connectivity index (χ4v) is 2.98. The molecule has 27 heavy (non-hydrogen) atoms. The number of carbonyl (C=O) groups excluding carboxylic acids is 2. The molecule has 6 heteroatoms. The summed E-state index contributed by atoms with van der Waals surface area (Å²) in [5, 5.41) is 2.84. The fraction of sp³-hybridized carbons (Fsp3) is 0.333. The minimum absolute atomic E-state index is 0.0794. The number of methoxy groups -OCH3 is 1. The van der Waals surface area contributed by atoms with Crippen LogP contribution in [-0.4, -0.2) is 38.1 Å². The quantitative estimate of drug-likeness (QED) is 0.851. The Morgan fingerprint density at radius 1 is 1.19 bits per heavy atom. The van der Waals surface area contributed by atoms with Gasteiger partial charge in [-0.3, -0.25) is 9.59 Å². The van der Waals surface area contributed by atoms with Crippen molar-refractivity contribution in [2.75, 3.05) is 25.1 Å². The number of anilines is 1. The molecule has 0 aliphatic carbocycles. The second-order valence-corrected chi connectivity index (χ2v) is 6.39. The molecule has 0 saturated carbocycles. The van der Waals surface area contributed by atoms with Crippen LogP contribution in [0.25, 0.3) is 0 Å². The minimum atomic E-state index is -0.716. The van der Waals surface area contributed by atoms with Crippen LogP contribution in [0.5, 0.6) is 11.5 Å². The van der Waals surface area contributed by atoms with Crippen molar-refractivity contribution >= 4 is 17.5 Å². The first-order valence-corrected chi connectivity index (χ1v) is 9.09. The number of amides is 2. The molecule has 1 N–H and O–H groups in total. The zero-order valence-corrected chi connectivity index (χ0v) is 15.6. The number of rotatable bonds is 6. The summed E-state index contributed by atoms with van der Waals surface area (Å²) in [4.78, 5) is 27.0. The lowest BCUT2D eigenvalue weighted by Crippen LogP contribution is -2.51. The van der Waals surface area contributed by atoms with Gasteiger partial charge in [-0.25, -0.2) is 0 Å². The first-order chi connectivity index (χ1) is 13.1. The number of fused-ring (bicyclic) bond motifs is 1. The van der Waals surface area contributed by atoms with E-state index in [4.69, 9.17) is 9.47 Å².